The fourth-order valence-corrected chi connectivity index (χ4v) is 5.70. The highest BCUT2D eigenvalue weighted by Gasteiger charge is 2.31. The Balaban J connectivity index is 1.48. The Bertz CT molecular complexity index is 1910. The summed E-state index contributed by atoms with van der Waals surface area (Å²) in [6.07, 6.45) is 2.25. The van der Waals surface area contributed by atoms with Crippen LogP contribution in [-0.2, 0) is 0 Å². The molecule has 0 atom stereocenters. The number of anilines is 6. The van der Waals surface area contributed by atoms with Gasteiger partial charge in [-0.15, -0.1) is 0 Å². The van der Waals surface area contributed by atoms with Gasteiger partial charge in [-0.3, -0.25) is 4.40 Å². The first-order valence-corrected chi connectivity index (χ1v) is 12.5. The van der Waals surface area contributed by atoms with Crippen molar-refractivity contribution in [3.05, 3.63) is 134 Å². The summed E-state index contributed by atoms with van der Waals surface area (Å²) in [6.45, 7) is 0. The van der Waals surface area contributed by atoms with Crippen molar-refractivity contribution in [2.45, 2.75) is 0 Å². The second-order valence-corrected chi connectivity index (χ2v) is 9.34. The van der Waals surface area contributed by atoms with Crippen molar-refractivity contribution < 1.29 is 0 Å². The van der Waals surface area contributed by atoms with Crippen LogP contribution in [0.4, 0.5) is 34.1 Å². The average Bonchev–Trinajstić information content (AvgIpc) is 3.35. The van der Waals surface area contributed by atoms with Crippen LogP contribution < -0.4 is 9.80 Å². The SMILES string of the molecule is c1ccc(N2c3ccccc3N(c3cn4c5ccccc5nc4c4ccccc34)c3ccccc32)cc1. The summed E-state index contributed by atoms with van der Waals surface area (Å²) in [5.41, 5.74) is 9.91. The molecule has 1 aliphatic heterocycles. The first-order chi connectivity index (χ1) is 18.4. The van der Waals surface area contributed by atoms with Crippen LogP contribution in [0.2, 0.25) is 0 Å². The topological polar surface area (TPSA) is 23.8 Å². The van der Waals surface area contributed by atoms with Gasteiger partial charge in [-0.2, -0.15) is 0 Å². The number of nitrogens with zero attached hydrogens (tertiary/aromatic N) is 4. The van der Waals surface area contributed by atoms with Gasteiger partial charge in [-0.25, -0.2) is 4.98 Å². The van der Waals surface area contributed by atoms with Crippen molar-refractivity contribution in [3.8, 4) is 0 Å². The second kappa shape index (κ2) is 7.70. The monoisotopic (exact) mass is 474 g/mol. The maximum atomic E-state index is 5.01. The molecule has 0 amide bonds. The largest absolute Gasteiger partial charge is 0.306 e. The molecular formula is C33H22N4. The van der Waals surface area contributed by atoms with Crippen molar-refractivity contribution in [1.82, 2.24) is 9.38 Å². The minimum Gasteiger partial charge on any atom is -0.306 e. The van der Waals surface area contributed by atoms with Gasteiger partial charge in [0.25, 0.3) is 0 Å². The molecule has 4 nitrogen and oxygen atoms in total. The van der Waals surface area contributed by atoms with E-state index in [0.29, 0.717) is 0 Å². The lowest BCUT2D eigenvalue weighted by molar-refractivity contribution is 1.15. The van der Waals surface area contributed by atoms with Crippen molar-refractivity contribution >= 4 is 61.6 Å². The summed E-state index contributed by atoms with van der Waals surface area (Å²) >= 11 is 0. The highest BCUT2D eigenvalue weighted by molar-refractivity contribution is 6.10. The Morgan fingerprint density at radius 1 is 0.432 bits per heavy atom. The van der Waals surface area contributed by atoms with E-state index in [1.54, 1.807) is 0 Å². The predicted octanol–water partition coefficient (Wildman–Crippen LogP) is 8.89. The molecule has 3 heterocycles. The molecule has 4 heteroatoms. The Hall–Kier alpha value is -5.09. The van der Waals surface area contributed by atoms with Crippen molar-refractivity contribution in [2.24, 2.45) is 0 Å². The summed E-state index contributed by atoms with van der Waals surface area (Å²) in [7, 11) is 0. The summed E-state index contributed by atoms with van der Waals surface area (Å²) in [6, 6.07) is 44.9. The molecule has 5 aromatic carbocycles. The molecule has 174 valence electrons. The molecule has 0 spiro atoms. The zero-order chi connectivity index (χ0) is 24.3. The van der Waals surface area contributed by atoms with E-state index < -0.39 is 0 Å². The molecule has 0 saturated carbocycles. The number of rotatable bonds is 2. The third-order valence-electron chi connectivity index (χ3n) is 7.27. The van der Waals surface area contributed by atoms with Gasteiger partial charge in [0.15, 0.2) is 0 Å². The quantitative estimate of drug-likeness (QED) is 0.250. The van der Waals surface area contributed by atoms with Crippen LogP contribution in [0, 0.1) is 0 Å². The van der Waals surface area contributed by atoms with E-state index in [-0.39, 0.29) is 0 Å². The Morgan fingerprint density at radius 2 is 0.973 bits per heavy atom. The Morgan fingerprint density at radius 3 is 1.68 bits per heavy atom. The van der Waals surface area contributed by atoms with Gasteiger partial charge in [-0.05, 0) is 48.5 Å². The van der Waals surface area contributed by atoms with Crippen LogP contribution in [0.3, 0.4) is 0 Å². The number of fused-ring (bicyclic) bond motifs is 7. The molecular weight excluding hydrogens is 452 g/mol. The number of benzene rings is 5. The Labute approximate surface area is 214 Å². The van der Waals surface area contributed by atoms with Gasteiger partial charge in [-0.1, -0.05) is 78.9 Å². The fourth-order valence-electron chi connectivity index (χ4n) is 5.70. The highest BCUT2D eigenvalue weighted by atomic mass is 15.3. The summed E-state index contributed by atoms with van der Waals surface area (Å²) in [5, 5.41) is 2.31. The summed E-state index contributed by atoms with van der Waals surface area (Å²) < 4.78 is 2.24. The number of pyridine rings is 1. The molecule has 0 bridgehead atoms. The molecule has 0 unspecified atom stereocenters. The fraction of sp³-hybridized carbons (Fsp3) is 0. The van der Waals surface area contributed by atoms with Gasteiger partial charge in [0.05, 0.1) is 39.5 Å². The minimum atomic E-state index is 0.977. The van der Waals surface area contributed by atoms with E-state index >= 15 is 0 Å². The van der Waals surface area contributed by atoms with Crippen molar-refractivity contribution in [1.29, 1.82) is 0 Å². The smallest absolute Gasteiger partial charge is 0.145 e. The van der Waals surface area contributed by atoms with Crippen LogP contribution in [0.5, 0.6) is 0 Å². The number of imidazole rings is 1. The molecule has 0 radical (unpaired) electrons. The predicted molar refractivity (Wildman–Crippen MR) is 153 cm³/mol. The first-order valence-electron chi connectivity index (χ1n) is 12.5. The zero-order valence-electron chi connectivity index (χ0n) is 20.0. The third-order valence-corrected chi connectivity index (χ3v) is 7.27. The lowest BCUT2D eigenvalue weighted by atomic mass is 10.0. The number of aromatic nitrogens is 2. The van der Waals surface area contributed by atoms with Gasteiger partial charge in [0.2, 0.25) is 0 Å². The summed E-state index contributed by atoms with van der Waals surface area (Å²) in [4.78, 5) is 9.77. The summed E-state index contributed by atoms with van der Waals surface area (Å²) in [5.74, 6) is 0. The van der Waals surface area contributed by atoms with Crippen LogP contribution in [0.15, 0.2) is 134 Å². The van der Waals surface area contributed by atoms with E-state index in [9.17, 15) is 0 Å². The molecule has 1 aliphatic rings. The third kappa shape index (κ3) is 2.87. The normalized spacial score (nSPS) is 12.8. The van der Waals surface area contributed by atoms with E-state index in [1.165, 1.54) is 5.39 Å². The highest BCUT2D eigenvalue weighted by Crippen LogP contribution is 2.54. The molecule has 0 aliphatic carbocycles. The molecule has 7 aromatic rings. The van der Waals surface area contributed by atoms with Crippen LogP contribution >= 0.6 is 0 Å². The molecule has 0 N–H and O–H groups in total. The molecule has 37 heavy (non-hydrogen) atoms. The van der Waals surface area contributed by atoms with Crippen LogP contribution in [0.1, 0.15) is 0 Å². The van der Waals surface area contributed by atoms with Crippen LogP contribution in [-0.4, -0.2) is 9.38 Å². The van der Waals surface area contributed by atoms with Gasteiger partial charge in [0, 0.05) is 22.7 Å². The van der Waals surface area contributed by atoms with E-state index in [0.717, 1.165) is 56.2 Å². The number of para-hydroxylation sites is 7. The molecule has 0 saturated heterocycles. The molecule has 8 rings (SSSR count). The molecule has 2 aromatic heterocycles. The van der Waals surface area contributed by atoms with Gasteiger partial charge < -0.3 is 9.80 Å². The second-order valence-electron chi connectivity index (χ2n) is 9.34. The van der Waals surface area contributed by atoms with Gasteiger partial charge in [0.1, 0.15) is 5.65 Å². The van der Waals surface area contributed by atoms with E-state index in [1.807, 2.05) is 6.07 Å². The van der Waals surface area contributed by atoms with Crippen molar-refractivity contribution in [2.75, 3.05) is 9.80 Å². The van der Waals surface area contributed by atoms with E-state index in [2.05, 4.69) is 142 Å². The Kier molecular flexibility index (Phi) is 4.19. The van der Waals surface area contributed by atoms with E-state index in [4.69, 9.17) is 4.98 Å². The van der Waals surface area contributed by atoms with Crippen molar-refractivity contribution in [3.63, 3.8) is 0 Å². The number of hydrogen-bond acceptors (Lipinski definition) is 3. The first kappa shape index (κ1) is 20.1. The van der Waals surface area contributed by atoms with Gasteiger partial charge >= 0.3 is 0 Å². The van der Waals surface area contributed by atoms with Crippen LogP contribution in [0.25, 0.3) is 27.5 Å². The average molecular weight is 475 g/mol. The lowest BCUT2D eigenvalue weighted by Crippen LogP contribution is -2.24. The minimum absolute atomic E-state index is 0.977. The lowest BCUT2D eigenvalue weighted by Gasteiger charge is -2.40. The maximum Gasteiger partial charge on any atom is 0.145 e. The zero-order valence-corrected chi connectivity index (χ0v) is 20.0. The standard InChI is InChI=1S/C33H22N4/c1-2-12-23(13-3-1)36-28-18-8-10-20-30(28)37(31-21-11-9-19-29(31)36)32-22-35-27-17-7-6-16-26(27)34-33(35)25-15-5-4-14-24(25)32/h1-22H. The maximum absolute atomic E-state index is 5.01. The number of hydrogen-bond donors (Lipinski definition) is 0. The molecule has 0 fully saturated rings.